The Hall–Kier alpha value is 0.370. The van der Waals surface area contributed by atoms with Crippen LogP contribution in [0.1, 0.15) is 5.56 Å². The van der Waals surface area contributed by atoms with Gasteiger partial charge in [-0.25, -0.2) is 0 Å². The number of rotatable bonds is 0. The SMILES string of the molecule is Cc1ccc(S)c(N)c1.[Na]. The largest absolute Gasteiger partial charge is 0.398 e. The van der Waals surface area contributed by atoms with Gasteiger partial charge < -0.3 is 5.73 Å². The third kappa shape index (κ3) is 2.54. The summed E-state index contributed by atoms with van der Waals surface area (Å²) in [5.41, 5.74) is 7.46. The van der Waals surface area contributed by atoms with Crippen molar-refractivity contribution in [2.75, 3.05) is 5.73 Å². The Morgan fingerprint density at radius 1 is 1.40 bits per heavy atom. The van der Waals surface area contributed by atoms with E-state index >= 15 is 0 Å². The summed E-state index contributed by atoms with van der Waals surface area (Å²) in [4.78, 5) is 0.848. The summed E-state index contributed by atoms with van der Waals surface area (Å²) >= 11 is 4.12. The van der Waals surface area contributed by atoms with Crippen LogP contribution in [0.3, 0.4) is 0 Å². The number of benzene rings is 1. The molecular weight excluding hydrogens is 153 g/mol. The van der Waals surface area contributed by atoms with Crippen molar-refractivity contribution in [3.05, 3.63) is 23.8 Å². The molecule has 0 aromatic heterocycles. The molecule has 0 aliphatic rings. The van der Waals surface area contributed by atoms with Crippen LogP contribution in [-0.2, 0) is 0 Å². The summed E-state index contributed by atoms with van der Waals surface area (Å²) in [6.45, 7) is 2.00. The monoisotopic (exact) mass is 162 g/mol. The fourth-order valence-corrected chi connectivity index (χ4v) is 0.813. The molecule has 0 saturated heterocycles. The van der Waals surface area contributed by atoms with Gasteiger partial charge in [0.05, 0.1) is 0 Å². The predicted octanol–water partition coefficient (Wildman–Crippen LogP) is 1.49. The predicted molar refractivity (Wildman–Crippen MR) is 48.6 cm³/mol. The molecule has 2 N–H and O–H groups in total. The fraction of sp³-hybridized carbons (Fsp3) is 0.143. The Kier molecular flexibility index (Phi) is 4.45. The summed E-state index contributed by atoms with van der Waals surface area (Å²) in [6, 6.07) is 5.79. The van der Waals surface area contributed by atoms with Gasteiger partial charge in [0, 0.05) is 40.1 Å². The second-order valence-electron chi connectivity index (χ2n) is 2.06. The van der Waals surface area contributed by atoms with E-state index in [0.717, 1.165) is 10.6 Å². The van der Waals surface area contributed by atoms with Crippen LogP contribution in [0, 0.1) is 6.92 Å². The van der Waals surface area contributed by atoms with Crippen molar-refractivity contribution in [1.82, 2.24) is 0 Å². The van der Waals surface area contributed by atoms with Crippen molar-refractivity contribution in [3.63, 3.8) is 0 Å². The van der Waals surface area contributed by atoms with Crippen LogP contribution in [0.5, 0.6) is 0 Å². The molecule has 0 saturated carbocycles. The summed E-state index contributed by atoms with van der Waals surface area (Å²) < 4.78 is 0. The normalized spacial score (nSPS) is 8.60. The third-order valence-electron chi connectivity index (χ3n) is 1.18. The number of anilines is 1. The molecule has 3 heteroatoms. The standard InChI is InChI=1S/C7H9NS.Na/c1-5-2-3-7(9)6(8)4-5;/h2-4,9H,8H2,1H3;. The summed E-state index contributed by atoms with van der Waals surface area (Å²) in [6.07, 6.45) is 0. The average Bonchev–Trinajstić information content (AvgIpc) is 1.80. The van der Waals surface area contributed by atoms with Crippen LogP contribution in [0.4, 0.5) is 5.69 Å². The number of nitrogens with two attached hydrogens (primary N) is 1. The number of hydrogen-bond acceptors (Lipinski definition) is 2. The van der Waals surface area contributed by atoms with E-state index in [1.165, 1.54) is 5.56 Å². The van der Waals surface area contributed by atoms with E-state index in [-0.39, 0.29) is 29.6 Å². The Morgan fingerprint density at radius 3 is 2.40 bits per heavy atom. The number of nitrogen functional groups attached to an aromatic ring is 1. The van der Waals surface area contributed by atoms with Gasteiger partial charge in [-0.1, -0.05) is 6.07 Å². The van der Waals surface area contributed by atoms with Crippen molar-refractivity contribution in [2.45, 2.75) is 11.8 Å². The van der Waals surface area contributed by atoms with Crippen LogP contribution in [0.2, 0.25) is 0 Å². The van der Waals surface area contributed by atoms with E-state index in [4.69, 9.17) is 5.73 Å². The molecule has 49 valence electrons. The van der Waals surface area contributed by atoms with E-state index in [1.807, 2.05) is 25.1 Å². The molecule has 10 heavy (non-hydrogen) atoms. The summed E-state index contributed by atoms with van der Waals surface area (Å²) in [5.74, 6) is 0. The molecule has 0 aliphatic heterocycles. The van der Waals surface area contributed by atoms with Crippen LogP contribution >= 0.6 is 12.6 Å². The molecule has 1 nitrogen and oxygen atoms in total. The van der Waals surface area contributed by atoms with Gasteiger partial charge in [0.2, 0.25) is 0 Å². The molecule has 0 atom stereocenters. The molecule has 0 heterocycles. The van der Waals surface area contributed by atoms with Crippen LogP contribution < -0.4 is 5.73 Å². The van der Waals surface area contributed by atoms with E-state index in [1.54, 1.807) is 0 Å². The maximum absolute atomic E-state index is 5.54. The number of thiol groups is 1. The Morgan fingerprint density at radius 2 is 2.00 bits per heavy atom. The first-order chi connectivity index (χ1) is 4.20. The minimum Gasteiger partial charge on any atom is -0.398 e. The first-order valence-electron chi connectivity index (χ1n) is 2.75. The quantitative estimate of drug-likeness (QED) is 0.337. The van der Waals surface area contributed by atoms with E-state index in [0.29, 0.717) is 0 Å². The Balaban J connectivity index is 0.000000810. The smallest absolute Gasteiger partial charge is 0.0452 e. The van der Waals surface area contributed by atoms with Crippen LogP contribution in [-0.4, -0.2) is 29.6 Å². The maximum atomic E-state index is 5.54. The van der Waals surface area contributed by atoms with E-state index in [2.05, 4.69) is 12.6 Å². The molecule has 0 amide bonds. The molecule has 1 aromatic rings. The Labute approximate surface area is 88.7 Å². The number of aryl methyl sites for hydroxylation is 1. The summed E-state index contributed by atoms with van der Waals surface area (Å²) in [7, 11) is 0. The molecule has 0 aliphatic carbocycles. The van der Waals surface area contributed by atoms with Gasteiger partial charge in [-0.05, 0) is 24.6 Å². The zero-order valence-corrected chi connectivity index (χ0v) is 9.15. The molecular formula is C7H9NNaS. The zero-order valence-electron chi connectivity index (χ0n) is 6.26. The fourth-order valence-electron chi connectivity index (χ4n) is 0.674. The summed E-state index contributed by atoms with van der Waals surface area (Å²) in [5, 5.41) is 0. The minimum atomic E-state index is 0. The Bertz CT molecular complexity index is 225. The van der Waals surface area contributed by atoms with Gasteiger partial charge in [0.1, 0.15) is 0 Å². The van der Waals surface area contributed by atoms with Crippen molar-refractivity contribution in [3.8, 4) is 0 Å². The van der Waals surface area contributed by atoms with E-state index in [9.17, 15) is 0 Å². The maximum Gasteiger partial charge on any atom is 0.0452 e. The second-order valence-corrected chi connectivity index (χ2v) is 2.54. The topological polar surface area (TPSA) is 26.0 Å². The molecule has 0 unspecified atom stereocenters. The van der Waals surface area contributed by atoms with Crippen molar-refractivity contribution in [2.24, 2.45) is 0 Å². The van der Waals surface area contributed by atoms with Gasteiger partial charge in [0.25, 0.3) is 0 Å². The first kappa shape index (κ1) is 10.4. The van der Waals surface area contributed by atoms with Crippen molar-refractivity contribution < 1.29 is 0 Å². The second kappa shape index (κ2) is 4.29. The van der Waals surface area contributed by atoms with Gasteiger partial charge in [-0.3, -0.25) is 0 Å². The first-order valence-corrected chi connectivity index (χ1v) is 3.20. The van der Waals surface area contributed by atoms with Gasteiger partial charge in [-0.2, -0.15) is 0 Å². The van der Waals surface area contributed by atoms with Gasteiger partial charge >= 0.3 is 0 Å². The molecule has 0 fully saturated rings. The minimum absolute atomic E-state index is 0. The third-order valence-corrected chi connectivity index (χ3v) is 1.59. The molecule has 1 aromatic carbocycles. The zero-order chi connectivity index (χ0) is 6.85. The molecule has 0 spiro atoms. The van der Waals surface area contributed by atoms with E-state index < -0.39 is 0 Å². The van der Waals surface area contributed by atoms with Gasteiger partial charge in [-0.15, -0.1) is 12.6 Å². The van der Waals surface area contributed by atoms with Crippen LogP contribution in [0.25, 0.3) is 0 Å². The van der Waals surface area contributed by atoms with Crippen LogP contribution in [0.15, 0.2) is 23.1 Å². The average molecular weight is 162 g/mol. The number of hydrogen-bond donors (Lipinski definition) is 2. The van der Waals surface area contributed by atoms with Crippen molar-refractivity contribution in [1.29, 1.82) is 0 Å². The molecule has 1 rings (SSSR count). The molecule has 1 radical (unpaired) electrons. The van der Waals surface area contributed by atoms with Crippen molar-refractivity contribution >= 4 is 47.9 Å². The molecule has 0 bridgehead atoms. The van der Waals surface area contributed by atoms with Gasteiger partial charge in [0.15, 0.2) is 0 Å².